The third kappa shape index (κ3) is 2.84. The second kappa shape index (κ2) is 6.00. The number of aliphatic hydroxyl groups is 1. The van der Waals surface area contributed by atoms with E-state index < -0.39 is 0 Å². The van der Waals surface area contributed by atoms with Crippen LogP contribution in [0, 0.1) is 5.41 Å². The molecular weight excluding hydrogens is 328 g/mol. The van der Waals surface area contributed by atoms with Crippen molar-refractivity contribution >= 4 is 29.0 Å². The Bertz CT molecular complexity index is 717. The van der Waals surface area contributed by atoms with Crippen LogP contribution < -0.4 is 5.32 Å². The van der Waals surface area contributed by atoms with Crippen LogP contribution in [0.5, 0.6) is 0 Å². The molecule has 6 heteroatoms. The summed E-state index contributed by atoms with van der Waals surface area (Å²) in [4.78, 5) is 14.2. The molecule has 0 spiro atoms. The fourth-order valence-electron chi connectivity index (χ4n) is 3.03. The Morgan fingerprint density at radius 2 is 2.13 bits per heavy atom. The van der Waals surface area contributed by atoms with Crippen LogP contribution >= 0.6 is 23.1 Å². The molecule has 1 aliphatic carbocycles. The molecule has 0 aromatic carbocycles. The van der Waals surface area contributed by atoms with E-state index >= 15 is 0 Å². The molecule has 0 atom stereocenters. The van der Waals surface area contributed by atoms with E-state index in [1.165, 1.54) is 10.4 Å². The van der Waals surface area contributed by atoms with Crippen LogP contribution in [-0.2, 0) is 12.2 Å². The topological polar surface area (TPSA) is 54.3 Å². The molecule has 2 aromatic heterocycles. The standard InChI is InChI=1S/C17H20N2O2S2/c20-11-17(4-5-17)10-18-15(21)14-12-3-8-22-9-13(12)23-16(14)19-6-1-2-7-19/h1-2,6-7,20H,3-5,8-11H2,(H,18,21). The molecule has 0 saturated heterocycles. The molecule has 1 saturated carbocycles. The highest BCUT2D eigenvalue weighted by atomic mass is 32.2. The van der Waals surface area contributed by atoms with Crippen LogP contribution in [0.1, 0.15) is 33.6 Å². The van der Waals surface area contributed by atoms with Crippen molar-refractivity contribution in [3.8, 4) is 5.00 Å². The van der Waals surface area contributed by atoms with E-state index in [-0.39, 0.29) is 17.9 Å². The van der Waals surface area contributed by atoms with Gasteiger partial charge in [-0.25, -0.2) is 0 Å². The van der Waals surface area contributed by atoms with E-state index in [0.29, 0.717) is 6.54 Å². The first-order valence-electron chi connectivity index (χ1n) is 7.97. The molecule has 1 fully saturated rings. The summed E-state index contributed by atoms with van der Waals surface area (Å²) < 4.78 is 2.04. The van der Waals surface area contributed by atoms with E-state index in [0.717, 1.165) is 41.3 Å². The maximum absolute atomic E-state index is 12.9. The number of fused-ring (bicyclic) bond motifs is 1. The third-order valence-corrected chi connectivity index (χ3v) is 7.20. The Kier molecular flexibility index (Phi) is 3.99. The zero-order chi connectivity index (χ0) is 15.9. The number of carbonyl (C=O) groups is 1. The number of thioether (sulfide) groups is 1. The van der Waals surface area contributed by atoms with Crippen LogP contribution in [0.2, 0.25) is 0 Å². The van der Waals surface area contributed by atoms with Crippen LogP contribution in [0.3, 0.4) is 0 Å². The summed E-state index contributed by atoms with van der Waals surface area (Å²) >= 11 is 3.67. The van der Waals surface area contributed by atoms with Crippen molar-refractivity contribution in [1.82, 2.24) is 9.88 Å². The van der Waals surface area contributed by atoms with Crippen molar-refractivity contribution in [1.29, 1.82) is 0 Å². The number of rotatable bonds is 5. The number of carbonyl (C=O) groups excluding carboxylic acids is 1. The van der Waals surface area contributed by atoms with E-state index in [9.17, 15) is 9.90 Å². The number of hydrogen-bond acceptors (Lipinski definition) is 4. The smallest absolute Gasteiger partial charge is 0.254 e. The maximum Gasteiger partial charge on any atom is 0.254 e. The summed E-state index contributed by atoms with van der Waals surface area (Å²) in [6, 6.07) is 3.97. The van der Waals surface area contributed by atoms with Gasteiger partial charge in [-0.1, -0.05) is 0 Å². The van der Waals surface area contributed by atoms with Crippen molar-refractivity contribution < 1.29 is 9.90 Å². The monoisotopic (exact) mass is 348 g/mol. The molecule has 122 valence electrons. The van der Waals surface area contributed by atoms with Crippen molar-refractivity contribution in [2.75, 3.05) is 18.9 Å². The molecule has 1 aliphatic heterocycles. The molecular formula is C17H20N2O2S2. The van der Waals surface area contributed by atoms with Gasteiger partial charge < -0.3 is 15.0 Å². The van der Waals surface area contributed by atoms with Gasteiger partial charge >= 0.3 is 0 Å². The lowest BCUT2D eigenvalue weighted by Crippen LogP contribution is -2.32. The molecule has 0 bridgehead atoms. The van der Waals surface area contributed by atoms with Crippen molar-refractivity contribution in [3.63, 3.8) is 0 Å². The number of thiophene rings is 1. The largest absolute Gasteiger partial charge is 0.396 e. The van der Waals surface area contributed by atoms with E-state index in [1.807, 2.05) is 40.9 Å². The first kappa shape index (κ1) is 15.3. The predicted octanol–water partition coefficient (Wildman–Crippen LogP) is 2.83. The first-order chi connectivity index (χ1) is 11.2. The second-order valence-corrected chi connectivity index (χ2v) is 8.61. The molecule has 23 heavy (non-hydrogen) atoms. The van der Waals surface area contributed by atoms with Gasteiger partial charge in [0.2, 0.25) is 0 Å². The zero-order valence-electron chi connectivity index (χ0n) is 12.9. The van der Waals surface area contributed by atoms with Crippen LogP contribution in [0.25, 0.3) is 5.00 Å². The van der Waals surface area contributed by atoms with Gasteiger partial charge in [0.05, 0.1) is 12.2 Å². The summed E-state index contributed by atoms with van der Waals surface area (Å²) in [7, 11) is 0. The Morgan fingerprint density at radius 1 is 1.35 bits per heavy atom. The van der Waals surface area contributed by atoms with Crippen molar-refractivity contribution in [2.45, 2.75) is 25.0 Å². The molecule has 4 nitrogen and oxygen atoms in total. The van der Waals surface area contributed by atoms with E-state index in [1.54, 1.807) is 11.3 Å². The highest BCUT2D eigenvalue weighted by molar-refractivity contribution is 7.98. The first-order valence-corrected chi connectivity index (χ1v) is 9.94. The van der Waals surface area contributed by atoms with Crippen LogP contribution in [0.4, 0.5) is 0 Å². The van der Waals surface area contributed by atoms with E-state index in [4.69, 9.17) is 0 Å². The SMILES string of the molecule is O=C(NCC1(CO)CC1)c1c(-n2cccc2)sc2c1CCSC2. The summed E-state index contributed by atoms with van der Waals surface area (Å²) in [5.41, 5.74) is 2.01. The molecule has 2 aromatic rings. The van der Waals surface area contributed by atoms with Gasteiger partial charge in [0, 0.05) is 35.0 Å². The van der Waals surface area contributed by atoms with Crippen molar-refractivity contribution in [2.24, 2.45) is 5.41 Å². The minimum atomic E-state index is -0.0603. The maximum atomic E-state index is 12.9. The number of nitrogens with zero attached hydrogens (tertiary/aromatic N) is 1. The average Bonchev–Trinajstić information content (AvgIpc) is 2.99. The quantitative estimate of drug-likeness (QED) is 0.874. The third-order valence-electron chi connectivity index (χ3n) is 4.78. The van der Waals surface area contributed by atoms with Gasteiger partial charge in [-0.05, 0) is 42.7 Å². The summed E-state index contributed by atoms with van der Waals surface area (Å²) in [6.45, 7) is 0.739. The molecule has 1 amide bonds. The molecule has 0 unspecified atom stereocenters. The number of hydrogen-bond donors (Lipinski definition) is 2. The van der Waals surface area contributed by atoms with Gasteiger partial charge in [0.1, 0.15) is 5.00 Å². The second-order valence-electron chi connectivity index (χ2n) is 6.42. The summed E-state index contributed by atoms with van der Waals surface area (Å²) in [6.07, 6.45) is 6.97. The zero-order valence-corrected chi connectivity index (χ0v) is 14.5. The van der Waals surface area contributed by atoms with Gasteiger partial charge in [-0.3, -0.25) is 4.79 Å². The Balaban J connectivity index is 1.65. The van der Waals surface area contributed by atoms with E-state index in [2.05, 4.69) is 5.32 Å². The predicted molar refractivity (Wildman–Crippen MR) is 94.6 cm³/mol. The molecule has 2 N–H and O–H groups in total. The fraction of sp³-hybridized carbons (Fsp3) is 0.471. The van der Waals surface area contributed by atoms with Gasteiger partial charge in [0.25, 0.3) is 5.91 Å². The molecule has 0 radical (unpaired) electrons. The van der Waals surface area contributed by atoms with Crippen LogP contribution in [0.15, 0.2) is 24.5 Å². The minimum Gasteiger partial charge on any atom is -0.396 e. The van der Waals surface area contributed by atoms with Gasteiger partial charge in [-0.15, -0.1) is 11.3 Å². The lowest BCUT2D eigenvalue weighted by atomic mass is 10.1. The average molecular weight is 348 g/mol. The summed E-state index contributed by atoms with van der Waals surface area (Å²) in [5, 5.41) is 13.5. The normalized spacial score (nSPS) is 18.5. The Hall–Kier alpha value is -1.24. The molecule has 4 rings (SSSR count). The Morgan fingerprint density at radius 3 is 2.83 bits per heavy atom. The number of aliphatic hydroxyl groups excluding tert-OH is 1. The summed E-state index contributed by atoms with van der Waals surface area (Å²) in [5.74, 6) is 2.09. The Labute approximate surface area is 143 Å². The highest BCUT2D eigenvalue weighted by Crippen LogP contribution is 2.44. The van der Waals surface area contributed by atoms with Crippen LogP contribution in [-0.4, -0.2) is 34.5 Å². The number of aromatic nitrogens is 1. The number of nitrogens with one attached hydrogen (secondary N) is 1. The molecule has 2 aliphatic rings. The van der Waals surface area contributed by atoms with Gasteiger partial charge in [0.15, 0.2) is 0 Å². The lowest BCUT2D eigenvalue weighted by molar-refractivity contribution is 0.0934. The minimum absolute atomic E-state index is 0.0119. The fourth-order valence-corrected chi connectivity index (χ4v) is 5.47. The molecule has 3 heterocycles. The lowest BCUT2D eigenvalue weighted by Gasteiger charge is -2.16. The number of amides is 1. The highest BCUT2D eigenvalue weighted by Gasteiger charge is 2.42. The van der Waals surface area contributed by atoms with Crippen molar-refractivity contribution in [3.05, 3.63) is 40.5 Å². The van der Waals surface area contributed by atoms with Gasteiger partial charge in [-0.2, -0.15) is 11.8 Å².